The quantitative estimate of drug-likeness (QED) is 0.313. The maximum Gasteiger partial charge on any atom is 0.129 e. The van der Waals surface area contributed by atoms with Crippen LogP contribution in [0, 0.1) is 8.99 Å². The molecule has 4 heteroatoms. The van der Waals surface area contributed by atoms with E-state index >= 15 is 0 Å². The zero-order valence-electron chi connectivity index (χ0n) is 15.1. The van der Waals surface area contributed by atoms with Crippen molar-refractivity contribution in [1.29, 1.82) is 0 Å². The normalized spacial score (nSPS) is 13.8. The Labute approximate surface area is 165 Å². The van der Waals surface area contributed by atoms with Crippen molar-refractivity contribution < 1.29 is 9.53 Å². The van der Waals surface area contributed by atoms with Crippen molar-refractivity contribution in [2.45, 2.75) is 26.4 Å². The van der Waals surface area contributed by atoms with E-state index in [0.29, 0.717) is 13.0 Å². The van der Waals surface area contributed by atoms with Crippen molar-refractivity contribution in [1.82, 2.24) is 0 Å². The minimum Gasteiger partial charge on any atom is -0.494 e. The molecule has 2 aromatic carbocycles. The van der Waals surface area contributed by atoms with Gasteiger partial charge in [-0.05, 0) is 60.2 Å². The monoisotopic (exact) mass is 464 g/mol. The van der Waals surface area contributed by atoms with Gasteiger partial charge in [0, 0.05) is 8.99 Å². The van der Waals surface area contributed by atoms with Crippen LogP contribution >= 0.6 is 22.6 Å². The Morgan fingerprint density at radius 3 is 2.32 bits per heavy atom. The Morgan fingerprint density at radius 1 is 1.16 bits per heavy atom. The van der Waals surface area contributed by atoms with E-state index in [4.69, 9.17) is 4.74 Å². The molecular formula is C21H25IO2Si. The molecule has 25 heavy (non-hydrogen) atoms. The third kappa shape index (κ3) is 4.82. The number of ether oxygens (including phenoxy) is 1. The van der Waals surface area contributed by atoms with Crippen LogP contribution in [0.15, 0.2) is 66.4 Å². The van der Waals surface area contributed by atoms with Crippen molar-refractivity contribution in [2.24, 2.45) is 5.41 Å². The number of aldehydes is 1. The summed E-state index contributed by atoms with van der Waals surface area (Å²) >= 11 is 2.27. The van der Waals surface area contributed by atoms with Gasteiger partial charge in [0.05, 0.1) is 6.61 Å². The first-order chi connectivity index (χ1) is 11.8. The summed E-state index contributed by atoms with van der Waals surface area (Å²) < 4.78 is 7.01. The zero-order chi connectivity index (χ0) is 18.5. The molecule has 2 rings (SSSR count). The molecule has 0 spiro atoms. The van der Waals surface area contributed by atoms with Gasteiger partial charge in [-0.15, -0.1) is 6.58 Å². The standard InChI is InChI=1S/C21H25IO2Si/c1-17(25(3,4)20-8-6-5-7-9-20)21(2,16-23)14-15-24-19-12-10-18(22)11-13-19/h5-13,16H,1,14-15H2,2-4H3. The fourth-order valence-corrected chi connectivity index (χ4v) is 6.28. The lowest BCUT2D eigenvalue weighted by molar-refractivity contribution is -0.114. The van der Waals surface area contributed by atoms with Gasteiger partial charge in [-0.1, -0.05) is 53.8 Å². The summed E-state index contributed by atoms with van der Waals surface area (Å²) in [7, 11) is -1.96. The van der Waals surface area contributed by atoms with Gasteiger partial charge in [-0.25, -0.2) is 0 Å². The van der Waals surface area contributed by atoms with E-state index in [1.807, 2.05) is 37.3 Å². The molecule has 0 saturated heterocycles. The molecule has 0 heterocycles. The first-order valence-electron chi connectivity index (χ1n) is 8.40. The predicted molar refractivity (Wildman–Crippen MR) is 116 cm³/mol. The number of benzene rings is 2. The fourth-order valence-electron chi connectivity index (χ4n) is 2.94. The van der Waals surface area contributed by atoms with Crippen LogP contribution in [0.1, 0.15) is 13.3 Å². The first-order valence-corrected chi connectivity index (χ1v) is 12.5. The molecule has 0 aliphatic carbocycles. The molecule has 1 unspecified atom stereocenters. The highest BCUT2D eigenvalue weighted by Gasteiger charge is 2.39. The number of hydrogen-bond acceptors (Lipinski definition) is 2. The van der Waals surface area contributed by atoms with Crippen LogP contribution in [0.5, 0.6) is 5.75 Å². The van der Waals surface area contributed by atoms with Gasteiger partial charge in [-0.2, -0.15) is 0 Å². The highest BCUT2D eigenvalue weighted by Crippen LogP contribution is 2.34. The number of rotatable bonds is 8. The van der Waals surface area contributed by atoms with Crippen LogP contribution in [-0.4, -0.2) is 21.0 Å². The average Bonchev–Trinajstić information content (AvgIpc) is 2.63. The van der Waals surface area contributed by atoms with Gasteiger partial charge in [0.15, 0.2) is 0 Å². The van der Waals surface area contributed by atoms with Crippen LogP contribution in [0.3, 0.4) is 0 Å². The average molecular weight is 464 g/mol. The molecule has 132 valence electrons. The lowest BCUT2D eigenvalue weighted by atomic mass is 9.89. The Hall–Kier alpha value is -1.40. The third-order valence-corrected chi connectivity index (χ3v) is 9.48. The summed E-state index contributed by atoms with van der Waals surface area (Å²) in [5.74, 6) is 0.832. The summed E-state index contributed by atoms with van der Waals surface area (Å²) in [5, 5.41) is 2.35. The third-order valence-electron chi connectivity index (χ3n) is 4.90. The second-order valence-corrected chi connectivity index (χ2v) is 12.7. The molecule has 0 saturated carbocycles. The van der Waals surface area contributed by atoms with Crippen LogP contribution < -0.4 is 9.92 Å². The number of carbonyl (C=O) groups excluding carboxylic acids is 1. The SMILES string of the molecule is C=C(C(C)(C=O)CCOc1ccc(I)cc1)[Si](C)(C)c1ccccc1. The van der Waals surface area contributed by atoms with E-state index in [0.717, 1.165) is 17.2 Å². The highest BCUT2D eigenvalue weighted by molar-refractivity contribution is 14.1. The largest absolute Gasteiger partial charge is 0.494 e. The van der Waals surface area contributed by atoms with Gasteiger partial charge in [0.2, 0.25) is 0 Å². The zero-order valence-corrected chi connectivity index (χ0v) is 18.2. The summed E-state index contributed by atoms with van der Waals surface area (Å²) in [4.78, 5) is 11.9. The Morgan fingerprint density at radius 2 is 1.76 bits per heavy atom. The molecule has 0 bridgehead atoms. The van der Waals surface area contributed by atoms with Gasteiger partial charge >= 0.3 is 0 Å². The fraction of sp³-hybridized carbons (Fsp3) is 0.286. The molecule has 2 nitrogen and oxygen atoms in total. The molecule has 2 aromatic rings. The summed E-state index contributed by atoms with van der Waals surface area (Å²) in [6.07, 6.45) is 1.68. The maximum absolute atomic E-state index is 11.9. The van der Waals surface area contributed by atoms with Crippen LogP contribution in [-0.2, 0) is 4.79 Å². The molecule has 0 radical (unpaired) electrons. The summed E-state index contributed by atoms with van der Waals surface area (Å²) in [6, 6.07) is 18.3. The molecule has 0 fully saturated rings. The van der Waals surface area contributed by atoms with Crippen LogP contribution in [0.25, 0.3) is 0 Å². The Bertz CT molecular complexity index is 725. The predicted octanol–water partition coefficient (Wildman–Crippen LogP) is 4.98. The maximum atomic E-state index is 11.9. The second-order valence-electron chi connectivity index (χ2n) is 7.06. The smallest absolute Gasteiger partial charge is 0.129 e. The topological polar surface area (TPSA) is 26.3 Å². The van der Waals surface area contributed by atoms with E-state index in [9.17, 15) is 4.79 Å². The minimum absolute atomic E-state index is 0.494. The van der Waals surface area contributed by atoms with Crippen molar-refractivity contribution in [3.63, 3.8) is 0 Å². The van der Waals surface area contributed by atoms with Gasteiger partial charge in [0.1, 0.15) is 20.1 Å². The Kier molecular flexibility index (Phi) is 6.63. The van der Waals surface area contributed by atoms with Crippen molar-refractivity contribution >= 4 is 42.1 Å². The van der Waals surface area contributed by atoms with E-state index in [-0.39, 0.29) is 0 Å². The van der Waals surface area contributed by atoms with E-state index in [1.165, 1.54) is 8.76 Å². The highest BCUT2D eigenvalue weighted by atomic mass is 127. The molecule has 0 aromatic heterocycles. The van der Waals surface area contributed by atoms with Crippen molar-refractivity contribution in [3.8, 4) is 5.75 Å². The van der Waals surface area contributed by atoms with E-state index < -0.39 is 13.5 Å². The lowest BCUT2D eigenvalue weighted by Crippen LogP contribution is -2.49. The molecular weight excluding hydrogens is 439 g/mol. The number of allylic oxidation sites excluding steroid dienone is 1. The van der Waals surface area contributed by atoms with Crippen LogP contribution in [0.4, 0.5) is 0 Å². The summed E-state index contributed by atoms with van der Waals surface area (Å²) in [6.45, 7) is 11.3. The second kappa shape index (κ2) is 8.32. The Balaban J connectivity index is 2.08. The van der Waals surface area contributed by atoms with Gasteiger partial charge < -0.3 is 9.53 Å². The van der Waals surface area contributed by atoms with Crippen LogP contribution in [0.2, 0.25) is 13.1 Å². The van der Waals surface area contributed by atoms with Gasteiger partial charge in [0.25, 0.3) is 0 Å². The number of halogens is 1. The molecule has 0 amide bonds. The molecule has 1 atom stereocenters. The van der Waals surface area contributed by atoms with Gasteiger partial charge in [-0.3, -0.25) is 0 Å². The molecule has 0 aliphatic rings. The minimum atomic E-state index is -1.96. The van der Waals surface area contributed by atoms with Crippen molar-refractivity contribution in [3.05, 3.63) is 69.9 Å². The number of carbonyl (C=O) groups is 1. The van der Waals surface area contributed by atoms with E-state index in [2.05, 4.69) is 66.5 Å². The lowest BCUT2D eigenvalue weighted by Gasteiger charge is -2.36. The van der Waals surface area contributed by atoms with Crippen molar-refractivity contribution in [2.75, 3.05) is 6.61 Å². The summed E-state index contributed by atoms with van der Waals surface area (Å²) in [5.41, 5.74) is -0.575. The molecule has 0 aliphatic heterocycles. The molecule has 0 N–H and O–H groups in total. The van der Waals surface area contributed by atoms with E-state index in [1.54, 1.807) is 0 Å². The first kappa shape index (κ1) is 19.9. The number of hydrogen-bond donors (Lipinski definition) is 0.